The van der Waals surface area contributed by atoms with E-state index in [2.05, 4.69) is 334 Å². The first-order chi connectivity index (χ1) is 68.7. The molecule has 0 spiro atoms. The summed E-state index contributed by atoms with van der Waals surface area (Å²) in [7, 11) is 6.75. The van der Waals surface area contributed by atoms with Crippen LogP contribution in [-0.2, 0) is 9.59 Å². The van der Waals surface area contributed by atoms with Crippen molar-refractivity contribution in [2.45, 2.75) is 111 Å². The highest BCUT2D eigenvalue weighted by molar-refractivity contribution is 7.33. The molecule has 8 aromatic heterocycles. The summed E-state index contributed by atoms with van der Waals surface area (Å²) in [6, 6.07) is 83.3. The van der Waals surface area contributed by atoms with Crippen molar-refractivity contribution in [2.24, 2.45) is 0 Å². The van der Waals surface area contributed by atoms with Crippen LogP contribution in [0.1, 0.15) is 104 Å². The molecular weight excluding hydrogens is 1920 g/mol. The maximum atomic E-state index is 12.6. The molecule has 0 fully saturated rings. The number of thiophene rings is 6. The third-order valence-corrected chi connectivity index (χ3v) is 37.8. The van der Waals surface area contributed by atoms with Gasteiger partial charge >= 0.3 is 31.0 Å². The van der Waals surface area contributed by atoms with Crippen LogP contribution in [0.3, 0.4) is 0 Å². The van der Waals surface area contributed by atoms with Crippen molar-refractivity contribution in [2.75, 3.05) is 44.8 Å². The second-order valence-electron chi connectivity index (χ2n) is 37.2. The number of carboxylic acids is 2. The molecule has 10 heterocycles. The molecule has 18 aromatic rings. The van der Waals surface area contributed by atoms with E-state index in [1.165, 1.54) is 198 Å². The van der Waals surface area contributed by atoms with E-state index < -0.39 is 31.0 Å². The molecule has 0 saturated carbocycles. The van der Waals surface area contributed by atoms with Gasteiger partial charge in [0.05, 0.1) is 49.6 Å². The van der Waals surface area contributed by atoms with E-state index >= 15 is 0 Å². The van der Waals surface area contributed by atoms with Gasteiger partial charge in [0, 0.05) is 82.9 Å². The number of fused-ring (bicyclic) bond motifs is 6. The van der Waals surface area contributed by atoms with Crippen molar-refractivity contribution in [3.63, 3.8) is 0 Å². The molecular formula is C118H106B2N6O9S8. The van der Waals surface area contributed by atoms with Crippen molar-refractivity contribution in [1.82, 2.24) is 0 Å². The van der Waals surface area contributed by atoms with Crippen LogP contribution in [0.2, 0.25) is 0 Å². The van der Waals surface area contributed by atoms with Gasteiger partial charge in [0.2, 0.25) is 10.0 Å². The predicted octanol–water partition coefficient (Wildman–Crippen LogP) is 27.5. The van der Waals surface area contributed by atoms with Crippen molar-refractivity contribution in [1.29, 1.82) is 0 Å². The van der Waals surface area contributed by atoms with Crippen LogP contribution in [-0.4, -0.2) is 76.0 Å². The van der Waals surface area contributed by atoms with Crippen LogP contribution >= 0.6 is 90.7 Å². The molecule has 2 aliphatic heterocycles. The largest absolute Gasteiger partial charge is 0.497 e. The quantitative estimate of drug-likeness (QED) is 0.0257. The van der Waals surface area contributed by atoms with E-state index in [1.54, 1.807) is 51.1 Å². The Morgan fingerprint density at radius 2 is 0.594 bits per heavy atom. The van der Waals surface area contributed by atoms with Gasteiger partial charge in [-0.25, -0.2) is 16.2 Å². The van der Waals surface area contributed by atoms with E-state index in [9.17, 15) is 19.5 Å². The molecule has 0 amide bonds. The number of hydrogen-bond donors (Lipinski definition) is 2. The number of benzene rings is 10. The summed E-state index contributed by atoms with van der Waals surface area (Å²) in [6.07, 6.45) is 3.28. The van der Waals surface area contributed by atoms with E-state index in [1.807, 2.05) is 117 Å². The Morgan fingerprint density at radius 1 is 0.336 bits per heavy atom. The Kier molecular flexibility index (Phi) is 28.0. The molecule has 2 N–H and O–H groups in total. The number of thiazole rings is 2. The molecule has 15 nitrogen and oxygen atoms in total. The maximum absolute atomic E-state index is 12.6. The summed E-state index contributed by atoms with van der Waals surface area (Å²) in [5, 5.41) is 19.9. The molecule has 0 radical (unpaired) electrons. The van der Waals surface area contributed by atoms with Gasteiger partial charge in [-0.15, -0.1) is 101 Å². The first-order valence-electron chi connectivity index (χ1n) is 46.9. The highest BCUT2D eigenvalue weighted by atomic mass is 32.1. The van der Waals surface area contributed by atoms with E-state index in [0.29, 0.717) is 0 Å². The lowest BCUT2D eigenvalue weighted by molar-refractivity contribution is -0.519. The number of rotatable bonds is 24. The first-order valence-corrected chi connectivity index (χ1v) is 53.4. The molecule has 0 bridgehead atoms. The zero-order valence-corrected chi connectivity index (χ0v) is 89.8. The fraction of sp³-hybridized carbons (Fsp3) is 0.178. The molecule has 0 aliphatic carbocycles. The Balaban J connectivity index is 0.000000179. The fourth-order valence-corrected chi connectivity index (χ4v) is 32.2. The van der Waals surface area contributed by atoms with Gasteiger partial charge in [-0.1, -0.05) is 174 Å². The minimum Gasteiger partial charge on any atom is -0.497 e. The molecule has 0 atom stereocenters. The molecule has 25 heteroatoms. The zero-order valence-electron chi connectivity index (χ0n) is 83.3. The minimum absolute atomic E-state index is 0.298. The SMILES string of the molecule is COc1ccc(N(c2ccc(OC)cc2)c2ccc(-c3sc(-c4sc(-c5cc6c(s5)-c5sc(C=O)c[n+]5[B-]6(c5c(C)cc(C)cc5C)c5c(C)cc(C)cc5C)cc4C)cc3C)cc2)cc1.[C-]#[N+]/C(=C\c1c[n+]2c(s1)-c1sc(-c3cc(C)c(-c4cc(C)c(-c5ccc(N(c6ccc(OC)cc6)c6ccc(OC)cc6)cc5)s4)s3)cc1[B-]2(c1c(C)cc(C)cc1C)c1c(C)cc(C)cc1C)C(=O)O.[C-]#[N+]CC(=O)O. The number of carbonyl (C=O) groups excluding carboxylic acids is 1. The summed E-state index contributed by atoms with van der Waals surface area (Å²) in [5.41, 5.74) is 36.2. The van der Waals surface area contributed by atoms with Gasteiger partial charge < -0.3 is 52.8 Å². The van der Waals surface area contributed by atoms with Crippen LogP contribution in [0.25, 0.3) is 95.4 Å². The van der Waals surface area contributed by atoms with Gasteiger partial charge in [0.15, 0.2) is 6.29 Å². The molecule has 0 saturated heterocycles. The normalized spacial score (nSPS) is 12.4. The number of aryl methyl sites for hydroxylation is 16. The lowest BCUT2D eigenvalue weighted by Gasteiger charge is -2.38. The Bertz CT molecular complexity index is 7870. The smallest absolute Gasteiger partial charge is 0.384 e. The van der Waals surface area contributed by atoms with Gasteiger partial charge in [-0.05, 0) is 296 Å². The summed E-state index contributed by atoms with van der Waals surface area (Å²) in [6.45, 7) is 48.9. The zero-order chi connectivity index (χ0) is 101. The number of aliphatic carboxylic acids is 2. The highest BCUT2D eigenvalue weighted by Crippen LogP contribution is 2.52. The second kappa shape index (κ2) is 40.4. The van der Waals surface area contributed by atoms with Gasteiger partial charge in [0.25, 0.3) is 5.70 Å². The van der Waals surface area contributed by atoms with Crippen molar-refractivity contribution in [3.05, 3.63) is 370 Å². The standard InChI is InChI=1S/C59H52BN3O4S4.C56H51BN2O3S4.C3H3NO2/c1-33-24-35(3)53(36(4)25-33)60(54-37(5)26-34(2)27-38(54)6)48-31-51(70-57(48)58-62(60)32-47(68-58)30-49(61-9)59(64)65)50-28-40(8)56(69-50)52-29-39(7)55(71-52)41-12-14-42(15-13-41)63(43-16-20-45(66-10)21-17-43)44-18-22-46(67-11)23-19-44;1-32-23-34(3)51(35(4)24-32)57(52-36(5)25-33(2)26-37(52)6)47-29-49(65-55(47)56-58(57)30-46(31-60)63-56)48-27-39(8)54(64-48)50-28-38(7)53(66-50)40-11-13-41(14-12-40)59(42-15-19-44(61-9)20-16-42)43-17-21-45(62-10)22-18-43;1-4-2-3(5)6/h12-32H,1-8,10-11H3,(H,64,65);11-31H,1-10H3;2H2,(H,5,6)/b49-30-;;. The number of anilines is 6. The molecule has 10 aromatic carbocycles. The Morgan fingerprint density at radius 3 is 0.860 bits per heavy atom. The molecule has 2 aliphatic rings. The van der Waals surface area contributed by atoms with E-state index in [4.69, 9.17) is 37.2 Å². The molecule has 143 heavy (non-hydrogen) atoms. The summed E-state index contributed by atoms with van der Waals surface area (Å²) >= 11 is 14.3. The molecule has 20 rings (SSSR count). The van der Waals surface area contributed by atoms with E-state index in [0.717, 1.165) is 83.2 Å². The summed E-state index contributed by atoms with van der Waals surface area (Å²) in [4.78, 5) is 61.1. The highest BCUT2D eigenvalue weighted by Gasteiger charge is 2.57. The van der Waals surface area contributed by atoms with Crippen molar-refractivity contribution in [3.8, 4) is 103 Å². The Hall–Kier alpha value is -14.1. The lowest BCUT2D eigenvalue weighted by atomic mass is 9.23. The van der Waals surface area contributed by atoms with Crippen molar-refractivity contribution >= 4 is 194 Å². The van der Waals surface area contributed by atoms with Gasteiger partial charge in [-0.2, -0.15) is 0 Å². The monoisotopic (exact) mass is 2030 g/mol. The third-order valence-electron chi connectivity index (χ3n) is 27.4. The second-order valence-corrected chi connectivity index (χ2v) is 45.6. The average Bonchev–Trinajstić information content (AvgIpc) is 1.51. The number of carboxylic acid groups (broad SMARTS) is 2. The number of nitrogens with zero attached hydrogens (tertiary/aromatic N) is 6. The number of aldehydes is 1. The minimum atomic E-state index is -1.83. The maximum Gasteiger partial charge on any atom is 0.384 e. The van der Waals surface area contributed by atoms with Crippen LogP contribution in [0, 0.1) is 124 Å². The number of carbonyl (C=O) groups is 3. The topological polar surface area (TPSA) is 152 Å². The van der Waals surface area contributed by atoms with Crippen molar-refractivity contribution < 1.29 is 52.5 Å². The van der Waals surface area contributed by atoms with Crippen LogP contribution in [0.15, 0.2) is 249 Å². The third kappa shape index (κ3) is 18.3. The fourth-order valence-electron chi connectivity index (χ4n) is 22.1. The van der Waals surface area contributed by atoms with Gasteiger partial charge in [0.1, 0.15) is 40.3 Å². The van der Waals surface area contributed by atoms with E-state index in [-0.39, 0.29) is 5.70 Å². The average molecular weight is 2030 g/mol. The van der Waals surface area contributed by atoms with Gasteiger partial charge in [-0.3, -0.25) is 9.59 Å². The van der Waals surface area contributed by atoms with Crippen LogP contribution in [0.4, 0.5) is 34.1 Å². The first kappa shape index (κ1) is 99.1. The molecule has 716 valence electrons. The van der Waals surface area contributed by atoms with Crippen LogP contribution < -0.4 is 70.5 Å². The number of aromatic nitrogens is 2. The number of methoxy groups -OCH3 is 4. The summed E-state index contributed by atoms with van der Waals surface area (Å²) < 4.78 is 26.9. The summed E-state index contributed by atoms with van der Waals surface area (Å²) in [5.74, 6) is 0.960. The Labute approximate surface area is 868 Å². The lowest BCUT2D eigenvalue weighted by Crippen LogP contribution is -2.84. The molecule has 0 unspecified atom stereocenters. The number of ether oxygens (including phenoxy) is 4. The number of hydrogen-bond acceptors (Lipinski definition) is 17. The van der Waals surface area contributed by atoms with Crippen LogP contribution in [0.5, 0.6) is 23.0 Å². The predicted molar refractivity (Wildman–Crippen MR) is 604 cm³/mol.